The number of benzene rings is 2. The number of hydrogen-bond donors (Lipinski definition) is 0. The number of hydrogen-bond acceptors (Lipinski definition) is 1. The van der Waals surface area contributed by atoms with Crippen LogP contribution in [0.15, 0.2) is 36.4 Å². The molecule has 0 saturated heterocycles. The summed E-state index contributed by atoms with van der Waals surface area (Å²) < 4.78 is 13.8. The van der Waals surface area contributed by atoms with Gasteiger partial charge in [-0.3, -0.25) is 4.79 Å². The smallest absolute Gasteiger partial charge is 0.168 e. The third kappa shape index (κ3) is 3.68. The molecule has 0 fully saturated rings. The molecule has 2 aromatic carbocycles. The Hall–Kier alpha value is -0.650. The summed E-state index contributed by atoms with van der Waals surface area (Å²) in [5.74, 6) is -0.515. The van der Waals surface area contributed by atoms with Crippen LogP contribution in [-0.4, -0.2) is 5.78 Å². The van der Waals surface area contributed by atoms with Crippen molar-refractivity contribution in [3.63, 3.8) is 0 Å². The van der Waals surface area contributed by atoms with E-state index in [1.165, 1.54) is 18.2 Å². The van der Waals surface area contributed by atoms with Crippen molar-refractivity contribution >= 4 is 51.6 Å². The van der Waals surface area contributed by atoms with Gasteiger partial charge in [0.05, 0.1) is 0 Å². The summed E-state index contributed by atoms with van der Waals surface area (Å²) in [6, 6.07) is 9.15. The molecule has 1 nitrogen and oxygen atoms in total. The molecule has 0 saturated carbocycles. The largest absolute Gasteiger partial charge is 0.294 e. The zero-order valence-electron chi connectivity index (χ0n) is 9.59. The molecule has 0 N–H and O–H groups in total. The fourth-order valence-corrected chi connectivity index (χ4v) is 2.69. The maximum Gasteiger partial charge on any atom is 0.168 e. The van der Waals surface area contributed by atoms with Crippen molar-refractivity contribution in [2.24, 2.45) is 0 Å². The second kappa shape index (κ2) is 6.20. The van der Waals surface area contributed by atoms with Gasteiger partial charge in [-0.15, -0.1) is 0 Å². The molecule has 0 aliphatic rings. The number of ketones is 1. The Morgan fingerprint density at radius 2 is 1.89 bits per heavy atom. The van der Waals surface area contributed by atoms with E-state index in [1.807, 2.05) is 0 Å². The molecule has 0 unspecified atom stereocenters. The standard InChI is InChI=1S/C14H8Cl2FIO/c15-9-2-4-13(18)11(6-9)14(19)5-8-1-3-10(17)7-12(8)16/h1-4,6-7H,5H2. The van der Waals surface area contributed by atoms with E-state index in [4.69, 9.17) is 23.2 Å². The predicted octanol–water partition coefficient (Wildman–Crippen LogP) is 5.16. The van der Waals surface area contributed by atoms with Crippen LogP contribution in [0.3, 0.4) is 0 Å². The molecule has 0 heterocycles. The van der Waals surface area contributed by atoms with Crippen LogP contribution in [0.1, 0.15) is 15.9 Å². The SMILES string of the molecule is O=C(Cc1ccc(F)cc1Cl)c1cc(Cl)ccc1I. The van der Waals surface area contributed by atoms with Gasteiger partial charge in [0, 0.05) is 25.6 Å². The van der Waals surface area contributed by atoms with Crippen molar-refractivity contribution in [1.29, 1.82) is 0 Å². The van der Waals surface area contributed by atoms with Crippen LogP contribution in [0, 0.1) is 9.39 Å². The van der Waals surface area contributed by atoms with Gasteiger partial charge in [0.2, 0.25) is 0 Å². The maximum absolute atomic E-state index is 12.9. The van der Waals surface area contributed by atoms with E-state index < -0.39 is 5.82 Å². The van der Waals surface area contributed by atoms with Gasteiger partial charge in [0.1, 0.15) is 5.82 Å². The van der Waals surface area contributed by atoms with Gasteiger partial charge < -0.3 is 0 Å². The third-order valence-electron chi connectivity index (χ3n) is 2.59. The average Bonchev–Trinajstić information content (AvgIpc) is 2.35. The van der Waals surface area contributed by atoms with Crippen molar-refractivity contribution in [3.05, 3.63) is 67.0 Å². The highest BCUT2D eigenvalue weighted by Crippen LogP contribution is 2.23. The first-order chi connectivity index (χ1) is 8.97. The van der Waals surface area contributed by atoms with Crippen LogP contribution >= 0.6 is 45.8 Å². The van der Waals surface area contributed by atoms with Gasteiger partial charge in [0.15, 0.2) is 5.78 Å². The quantitative estimate of drug-likeness (QED) is 0.506. The van der Waals surface area contributed by atoms with E-state index >= 15 is 0 Å². The molecule has 0 aliphatic carbocycles. The molecule has 2 rings (SSSR count). The predicted molar refractivity (Wildman–Crippen MR) is 83.6 cm³/mol. The molecular weight excluding hydrogens is 401 g/mol. The summed E-state index contributed by atoms with van der Waals surface area (Å²) in [5, 5.41) is 0.763. The monoisotopic (exact) mass is 408 g/mol. The van der Waals surface area contributed by atoms with Gasteiger partial charge >= 0.3 is 0 Å². The minimum Gasteiger partial charge on any atom is -0.294 e. The number of carbonyl (C=O) groups is 1. The molecule has 0 amide bonds. The van der Waals surface area contributed by atoms with E-state index in [9.17, 15) is 9.18 Å². The summed E-state index contributed by atoms with van der Waals surface area (Å²) in [6.07, 6.45) is 0.120. The van der Waals surface area contributed by atoms with Crippen molar-refractivity contribution in [3.8, 4) is 0 Å². The molecule has 0 bridgehead atoms. The van der Waals surface area contributed by atoms with E-state index in [-0.39, 0.29) is 17.2 Å². The van der Waals surface area contributed by atoms with Crippen LogP contribution in [0.25, 0.3) is 0 Å². The lowest BCUT2D eigenvalue weighted by molar-refractivity contribution is 0.0992. The summed E-state index contributed by atoms with van der Waals surface area (Å²) in [6.45, 7) is 0. The molecular formula is C14H8Cl2FIO. The molecule has 0 aliphatic heterocycles. The Balaban J connectivity index is 2.28. The molecule has 98 valence electrons. The Morgan fingerprint density at radius 3 is 2.58 bits per heavy atom. The number of halogens is 4. The fourth-order valence-electron chi connectivity index (χ4n) is 1.64. The van der Waals surface area contributed by atoms with E-state index in [2.05, 4.69) is 22.6 Å². The van der Waals surface area contributed by atoms with Gasteiger partial charge in [-0.2, -0.15) is 0 Å². The number of rotatable bonds is 3. The summed E-state index contributed by atoms with van der Waals surface area (Å²) >= 11 is 13.9. The Kier molecular flexibility index (Phi) is 4.81. The second-order valence-corrected chi connectivity index (χ2v) is 5.97. The Morgan fingerprint density at radius 1 is 1.16 bits per heavy atom. The van der Waals surface area contributed by atoms with E-state index in [0.717, 1.165) is 3.57 Å². The lowest BCUT2D eigenvalue weighted by Gasteiger charge is -2.06. The lowest BCUT2D eigenvalue weighted by Crippen LogP contribution is -2.06. The Labute approximate surface area is 133 Å². The van der Waals surface area contributed by atoms with Crippen LogP contribution in [0.4, 0.5) is 4.39 Å². The molecule has 0 atom stereocenters. The summed E-state index contributed by atoms with van der Waals surface area (Å²) in [4.78, 5) is 12.2. The van der Waals surface area contributed by atoms with Gasteiger partial charge in [0.25, 0.3) is 0 Å². The molecule has 0 aromatic heterocycles. The minimum atomic E-state index is -0.418. The normalized spacial score (nSPS) is 10.5. The fraction of sp³-hybridized carbons (Fsp3) is 0.0714. The van der Waals surface area contributed by atoms with E-state index in [1.54, 1.807) is 18.2 Å². The number of carbonyl (C=O) groups excluding carboxylic acids is 1. The first kappa shape index (κ1) is 14.8. The highest BCUT2D eigenvalue weighted by molar-refractivity contribution is 14.1. The lowest BCUT2D eigenvalue weighted by atomic mass is 10.0. The van der Waals surface area contributed by atoms with Crippen LogP contribution in [0.2, 0.25) is 10.0 Å². The van der Waals surface area contributed by atoms with Gasteiger partial charge in [-0.05, 0) is 58.5 Å². The average molecular weight is 409 g/mol. The highest BCUT2D eigenvalue weighted by atomic mass is 127. The van der Waals surface area contributed by atoms with Crippen molar-refractivity contribution in [1.82, 2.24) is 0 Å². The maximum atomic E-state index is 12.9. The molecule has 0 radical (unpaired) electrons. The van der Waals surface area contributed by atoms with Crippen LogP contribution in [-0.2, 0) is 6.42 Å². The summed E-state index contributed by atoms with van der Waals surface area (Å²) in [7, 11) is 0. The number of Topliss-reactive ketones (excluding diaryl/α,β-unsaturated/α-hetero) is 1. The van der Waals surface area contributed by atoms with Crippen molar-refractivity contribution < 1.29 is 9.18 Å². The topological polar surface area (TPSA) is 17.1 Å². The van der Waals surface area contributed by atoms with E-state index in [0.29, 0.717) is 16.1 Å². The van der Waals surface area contributed by atoms with Crippen molar-refractivity contribution in [2.75, 3.05) is 0 Å². The van der Waals surface area contributed by atoms with Gasteiger partial charge in [-0.1, -0.05) is 29.3 Å². The highest BCUT2D eigenvalue weighted by Gasteiger charge is 2.13. The summed E-state index contributed by atoms with van der Waals surface area (Å²) in [5.41, 5.74) is 1.15. The van der Waals surface area contributed by atoms with Crippen molar-refractivity contribution in [2.45, 2.75) is 6.42 Å². The zero-order valence-corrected chi connectivity index (χ0v) is 13.3. The zero-order chi connectivity index (χ0) is 14.0. The van der Waals surface area contributed by atoms with Gasteiger partial charge in [-0.25, -0.2) is 4.39 Å². The first-order valence-corrected chi connectivity index (χ1v) is 7.23. The molecule has 2 aromatic rings. The second-order valence-electron chi connectivity index (χ2n) is 3.96. The molecule has 5 heteroatoms. The molecule has 0 spiro atoms. The third-order valence-corrected chi connectivity index (χ3v) is 4.12. The first-order valence-electron chi connectivity index (χ1n) is 5.39. The van der Waals surface area contributed by atoms with Crippen LogP contribution < -0.4 is 0 Å². The molecule has 19 heavy (non-hydrogen) atoms. The Bertz CT molecular complexity index is 643. The minimum absolute atomic E-state index is 0.0968. The van der Waals surface area contributed by atoms with Crippen LogP contribution in [0.5, 0.6) is 0 Å².